The first-order chi connectivity index (χ1) is 19.9. The lowest BCUT2D eigenvalue weighted by atomic mass is 9.98. The highest BCUT2D eigenvalue weighted by Gasteiger charge is 2.35. The van der Waals surface area contributed by atoms with Crippen LogP contribution >= 0.6 is 0 Å². The number of nitrogens with one attached hydrogen (secondary N) is 2. The molecular weight excluding hydrogens is 534 g/mol. The average Bonchev–Trinajstić information content (AvgIpc) is 2.95. The topological polar surface area (TPSA) is 114 Å². The fourth-order valence-corrected chi connectivity index (χ4v) is 4.99. The number of carbonyl (C=O) groups excluding carboxylic acids is 4. The highest BCUT2D eigenvalue weighted by molar-refractivity contribution is 5.98. The zero-order valence-corrected chi connectivity index (χ0v) is 25.6. The molecule has 1 heterocycles. The number of benzene rings is 2. The summed E-state index contributed by atoms with van der Waals surface area (Å²) < 4.78 is 10.8. The van der Waals surface area contributed by atoms with Crippen LogP contribution in [-0.4, -0.2) is 72.4 Å². The predicted octanol–water partition coefficient (Wildman–Crippen LogP) is 3.94. The first-order valence-corrected chi connectivity index (χ1v) is 14.7. The second-order valence-electron chi connectivity index (χ2n) is 12.2. The highest BCUT2D eigenvalue weighted by Crippen LogP contribution is 2.20. The number of rotatable bonds is 12. The van der Waals surface area contributed by atoms with Crippen molar-refractivity contribution >= 4 is 23.6 Å². The van der Waals surface area contributed by atoms with Gasteiger partial charge in [-0.1, -0.05) is 62.7 Å². The molecule has 3 rings (SSSR count). The number of nitrogens with zero attached hydrogens (tertiary/aromatic N) is 1. The van der Waals surface area contributed by atoms with Crippen LogP contribution in [0.2, 0.25) is 0 Å². The van der Waals surface area contributed by atoms with Crippen LogP contribution in [0.1, 0.15) is 69.8 Å². The Kier molecular flexibility index (Phi) is 11.7. The Labute approximate surface area is 249 Å². The fourth-order valence-electron chi connectivity index (χ4n) is 4.99. The van der Waals surface area contributed by atoms with Crippen LogP contribution < -0.4 is 15.4 Å². The van der Waals surface area contributed by atoms with Crippen molar-refractivity contribution in [1.82, 2.24) is 15.5 Å². The molecule has 0 aromatic heterocycles. The van der Waals surface area contributed by atoms with Crippen LogP contribution in [0.3, 0.4) is 0 Å². The SMILES string of the molecule is COc1cccc(C(=O)CN2CCCC[C@H]2C(=O)N[C@@H](Cc2ccccc2)C(=O)N[C@H](C(=O)OC(C)(C)C)C(C)C)c1. The van der Waals surface area contributed by atoms with E-state index in [1.807, 2.05) is 49.1 Å². The molecule has 42 heavy (non-hydrogen) atoms. The average molecular weight is 580 g/mol. The van der Waals surface area contributed by atoms with Crippen molar-refractivity contribution in [2.45, 2.75) is 84.0 Å². The second-order valence-corrected chi connectivity index (χ2v) is 12.2. The minimum absolute atomic E-state index is 0.0782. The van der Waals surface area contributed by atoms with E-state index >= 15 is 0 Å². The van der Waals surface area contributed by atoms with Gasteiger partial charge in [0.1, 0.15) is 23.4 Å². The largest absolute Gasteiger partial charge is 0.497 e. The number of amides is 2. The molecular formula is C33H45N3O6. The van der Waals surface area contributed by atoms with Gasteiger partial charge in [-0.2, -0.15) is 0 Å². The van der Waals surface area contributed by atoms with Crippen molar-refractivity contribution in [2.75, 3.05) is 20.2 Å². The van der Waals surface area contributed by atoms with Gasteiger partial charge in [0.05, 0.1) is 19.7 Å². The lowest BCUT2D eigenvalue weighted by Crippen LogP contribution is -2.58. The van der Waals surface area contributed by atoms with Gasteiger partial charge >= 0.3 is 5.97 Å². The molecule has 2 aromatic carbocycles. The van der Waals surface area contributed by atoms with E-state index in [1.54, 1.807) is 52.1 Å². The number of esters is 1. The van der Waals surface area contributed by atoms with E-state index in [1.165, 1.54) is 0 Å². The van der Waals surface area contributed by atoms with Gasteiger partial charge < -0.3 is 20.1 Å². The first kappa shape index (κ1) is 32.8. The van der Waals surface area contributed by atoms with Gasteiger partial charge in [0, 0.05) is 12.0 Å². The van der Waals surface area contributed by atoms with Gasteiger partial charge in [0.25, 0.3) is 0 Å². The Morgan fingerprint density at radius 3 is 2.33 bits per heavy atom. The smallest absolute Gasteiger partial charge is 0.329 e. The number of hydrogen-bond acceptors (Lipinski definition) is 7. The van der Waals surface area contributed by atoms with E-state index < -0.39 is 35.6 Å². The number of ether oxygens (including phenoxy) is 2. The summed E-state index contributed by atoms with van der Waals surface area (Å²) in [5, 5.41) is 5.79. The van der Waals surface area contributed by atoms with Crippen LogP contribution in [0.4, 0.5) is 0 Å². The van der Waals surface area contributed by atoms with Crippen molar-refractivity contribution in [2.24, 2.45) is 5.92 Å². The molecule has 1 saturated heterocycles. The van der Waals surface area contributed by atoms with Crippen molar-refractivity contribution < 1.29 is 28.7 Å². The molecule has 1 fully saturated rings. The van der Waals surface area contributed by atoms with Crippen LogP contribution in [0, 0.1) is 5.92 Å². The Morgan fingerprint density at radius 2 is 1.69 bits per heavy atom. The van der Waals surface area contributed by atoms with Crippen LogP contribution in [0.5, 0.6) is 5.75 Å². The van der Waals surface area contributed by atoms with Gasteiger partial charge in [-0.3, -0.25) is 19.3 Å². The molecule has 228 valence electrons. The Hall–Kier alpha value is -3.72. The van der Waals surface area contributed by atoms with Crippen molar-refractivity contribution in [3.05, 3.63) is 65.7 Å². The Morgan fingerprint density at radius 1 is 0.976 bits per heavy atom. The van der Waals surface area contributed by atoms with Gasteiger partial charge in [0.15, 0.2) is 5.78 Å². The van der Waals surface area contributed by atoms with E-state index in [0.717, 1.165) is 18.4 Å². The number of ketones is 1. The maximum atomic E-state index is 13.7. The number of likely N-dealkylation sites (tertiary alicyclic amines) is 1. The van der Waals surface area contributed by atoms with Gasteiger partial charge in [-0.25, -0.2) is 4.79 Å². The molecule has 9 heteroatoms. The Bertz CT molecular complexity index is 1220. The molecule has 1 aliphatic rings. The third-order valence-electron chi connectivity index (χ3n) is 7.20. The third-order valence-corrected chi connectivity index (χ3v) is 7.20. The molecule has 2 amide bonds. The monoisotopic (exact) mass is 579 g/mol. The first-order valence-electron chi connectivity index (χ1n) is 14.7. The molecule has 2 aromatic rings. The summed E-state index contributed by atoms with van der Waals surface area (Å²) in [4.78, 5) is 55.3. The van der Waals surface area contributed by atoms with Gasteiger partial charge in [0.2, 0.25) is 11.8 Å². The van der Waals surface area contributed by atoms with Crippen LogP contribution in [-0.2, 0) is 25.5 Å². The number of hydrogen-bond donors (Lipinski definition) is 2. The van der Waals surface area contributed by atoms with Crippen LogP contribution in [0.25, 0.3) is 0 Å². The second kappa shape index (κ2) is 15.0. The summed E-state index contributed by atoms with van der Waals surface area (Å²) >= 11 is 0. The van der Waals surface area contributed by atoms with Gasteiger partial charge in [-0.05, 0) is 63.8 Å². The lowest BCUT2D eigenvalue weighted by Gasteiger charge is -2.35. The Balaban J connectivity index is 1.78. The summed E-state index contributed by atoms with van der Waals surface area (Å²) in [5.74, 6) is -1.05. The molecule has 0 radical (unpaired) electrons. The van der Waals surface area contributed by atoms with E-state index in [9.17, 15) is 19.2 Å². The third kappa shape index (κ3) is 9.69. The summed E-state index contributed by atoms with van der Waals surface area (Å²) in [6, 6.07) is 14.0. The highest BCUT2D eigenvalue weighted by atomic mass is 16.6. The van der Waals surface area contributed by atoms with Crippen molar-refractivity contribution in [1.29, 1.82) is 0 Å². The molecule has 0 saturated carbocycles. The normalized spacial score (nSPS) is 17.2. The molecule has 0 aliphatic carbocycles. The summed E-state index contributed by atoms with van der Waals surface area (Å²) in [6.07, 6.45) is 2.52. The summed E-state index contributed by atoms with van der Waals surface area (Å²) in [5.41, 5.74) is 0.673. The maximum absolute atomic E-state index is 13.7. The maximum Gasteiger partial charge on any atom is 0.329 e. The lowest BCUT2D eigenvalue weighted by molar-refractivity contribution is -0.160. The molecule has 0 bridgehead atoms. The molecule has 2 N–H and O–H groups in total. The number of carbonyl (C=O) groups is 4. The van der Waals surface area contributed by atoms with E-state index in [4.69, 9.17) is 9.47 Å². The van der Waals surface area contributed by atoms with E-state index in [0.29, 0.717) is 24.3 Å². The van der Waals surface area contributed by atoms with Crippen molar-refractivity contribution in [3.63, 3.8) is 0 Å². The number of Topliss-reactive ketones (excluding diaryl/α,β-unsaturated/α-hetero) is 1. The zero-order chi connectivity index (χ0) is 30.9. The molecule has 0 unspecified atom stereocenters. The quantitative estimate of drug-likeness (QED) is 0.289. The van der Waals surface area contributed by atoms with Crippen molar-refractivity contribution in [3.8, 4) is 5.75 Å². The van der Waals surface area contributed by atoms with E-state index in [2.05, 4.69) is 10.6 Å². The standard InChI is InChI=1S/C33H45N3O6/c1-22(2)29(32(40)42-33(3,4)5)35-30(38)26(19-23-13-8-7-9-14-23)34-31(39)27-17-10-11-18-36(27)21-28(37)24-15-12-16-25(20-24)41-6/h7-9,12-16,20,22,26-27,29H,10-11,17-19,21H2,1-6H3,(H,34,39)(H,35,38)/t26-,27-,29-/m0/s1. The summed E-state index contributed by atoms with van der Waals surface area (Å²) in [7, 11) is 1.55. The molecule has 9 nitrogen and oxygen atoms in total. The van der Waals surface area contributed by atoms with E-state index in [-0.39, 0.29) is 30.6 Å². The molecule has 1 aliphatic heterocycles. The summed E-state index contributed by atoms with van der Waals surface area (Å²) in [6.45, 7) is 9.66. The number of piperidine rings is 1. The van der Waals surface area contributed by atoms with Crippen LogP contribution in [0.15, 0.2) is 54.6 Å². The number of methoxy groups -OCH3 is 1. The minimum atomic E-state index is -0.929. The molecule has 3 atom stereocenters. The molecule has 0 spiro atoms. The minimum Gasteiger partial charge on any atom is -0.497 e. The fraction of sp³-hybridized carbons (Fsp3) is 0.515. The van der Waals surface area contributed by atoms with Gasteiger partial charge in [-0.15, -0.1) is 0 Å². The predicted molar refractivity (Wildman–Crippen MR) is 161 cm³/mol. The zero-order valence-electron chi connectivity index (χ0n) is 25.6.